The van der Waals surface area contributed by atoms with Gasteiger partial charge in [-0.2, -0.15) is 0 Å². The van der Waals surface area contributed by atoms with Crippen LogP contribution in [0.15, 0.2) is 0 Å². The number of likely N-dealkylation sites (tertiary alicyclic amines) is 1. The van der Waals surface area contributed by atoms with Gasteiger partial charge in [0.1, 0.15) is 5.60 Å². The molecule has 5 heteroatoms. The Hall–Kier alpha value is -1.26. The molecule has 1 atom stereocenters. The fraction of sp³-hybridized carbons (Fsp3) is 0.867. The van der Waals surface area contributed by atoms with Crippen molar-refractivity contribution in [2.24, 2.45) is 0 Å². The van der Waals surface area contributed by atoms with Gasteiger partial charge in [0, 0.05) is 19.0 Å². The summed E-state index contributed by atoms with van der Waals surface area (Å²) in [5, 5.41) is 0. The van der Waals surface area contributed by atoms with Gasteiger partial charge in [-0.1, -0.05) is 6.42 Å². The molecule has 0 aromatic carbocycles. The highest BCUT2D eigenvalue weighted by molar-refractivity contribution is 5.69. The van der Waals surface area contributed by atoms with Crippen molar-refractivity contribution >= 4 is 12.1 Å². The summed E-state index contributed by atoms with van der Waals surface area (Å²) in [5.74, 6) is -0.166. The summed E-state index contributed by atoms with van der Waals surface area (Å²) in [6.45, 7) is 6.42. The highest BCUT2D eigenvalue weighted by Gasteiger charge is 2.31. The van der Waals surface area contributed by atoms with Crippen LogP contribution in [0.5, 0.6) is 0 Å². The Balaban J connectivity index is 2.34. The summed E-state index contributed by atoms with van der Waals surface area (Å²) in [5.41, 5.74) is -0.449. The molecule has 1 aliphatic rings. The average Bonchev–Trinajstić information content (AvgIpc) is 2.80. The van der Waals surface area contributed by atoms with E-state index in [1.165, 1.54) is 7.11 Å². The maximum Gasteiger partial charge on any atom is 0.410 e. The Morgan fingerprint density at radius 2 is 1.95 bits per heavy atom. The third kappa shape index (κ3) is 5.80. The second-order valence-corrected chi connectivity index (χ2v) is 6.29. The van der Waals surface area contributed by atoms with E-state index in [1.54, 1.807) is 0 Å². The molecule has 1 heterocycles. The molecule has 0 bridgehead atoms. The first kappa shape index (κ1) is 16.8. The van der Waals surface area contributed by atoms with Gasteiger partial charge in [-0.05, 0) is 46.5 Å². The molecule has 1 rings (SSSR count). The standard InChI is InChI=1S/C15H27NO4/c1-15(2,3)20-14(18)16-11-7-9-12(16)8-5-6-10-13(17)19-4/h12H,5-11H2,1-4H3. The van der Waals surface area contributed by atoms with Crippen LogP contribution in [0.4, 0.5) is 4.79 Å². The molecule has 1 saturated heterocycles. The Labute approximate surface area is 121 Å². The molecule has 0 aromatic rings. The monoisotopic (exact) mass is 285 g/mol. The molecule has 1 unspecified atom stereocenters. The number of methoxy groups -OCH3 is 1. The topological polar surface area (TPSA) is 55.8 Å². The fourth-order valence-corrected chi connectivity index (χ4v) is 2.45. The Kier molecular flexibility index (Phi) is 6.30. The molecule has 0 saturated carbocycles. The van der Waals surface area contributed by atoms with Gasteiger partial charge in [0.05, 0.1) is 7.11 Å². The number of carbonyl (C=O) groups excluding carboxylic acids is 2. The second kappa shape index (κ2) is 7.50. The number of nitrogens with zero attached hydrogens (tertiary/aromatic N) is 1. The van der Waals surface area contributed by atoms with Crippen molar-refractivity contribution in [3.8, 4) is 0 Å². The fourth-order valence-electron chi connectivity index (χ4n) is 2.45. The third-order valence-corrected chi connectivity index (χ3v) is 3.40. The van der Waals surface area contributed by atoms with Crippen molar-refractivity contribution in [2.45, 2.75) is 70.9 Å². The van der Waals surface area contributed by atoms with E-state index in [1.807, 2.05) is 25.7 Å². The van der Waals surface area contributed by atoms with Crippen LogP contribution in [0.25, 0.3) is 0 Å². The predicted octanol–water partition coefficient (Wildman–Crippen LogP) is 3.12. The molecule has 1 aliphatic heterocycles. The molecule has 0 aliphatic carbocycles. The zero-order valence-corrected chi connectivity index (χ0v) is 13.1. The normalized spacial score (nSPS) is 19.0. The van der Waals surface area contributed by atoms with Gasteiger partial charge in [-0.25, -0.2) is 4.79 Å². The Morgan fingerprint density at radius 3 is 2.55 bits per heavy atom. The van der Waals surface area contributed by atoms with Crippen LogP contribution in [-0.2, 0) is 14.3 Å². The predicted molar refractivity (Wildman–Crippen MR) is 76.4 cm³/mol. The lowest BCUT2D eigenvalue weighted by molar-refractivity contribution is -0.140. The van der Waals surface area contributed by atoms with Crippen LogP contribution in [0.2, 0.25) is 0 Å². The van der Waals surface area contributed by atoms with Crippen molar-refractivity contribution in [1.82, 2.24) is 4.90 Å². The van der Waals surface area contributed by atoms with Crippen LogP contribution in [0.1, 0.15) is 59.3 Å². The second-order valence-electron chi connectivity index (χ2n) is 6.29. The lowest BCUT2D eigenvalue weighted by atomic mass is 10.1. The largest absolute Gasteiger partial charge is 0.469 e. The van der Waals surface area contributed by atoms with Crippen molar-refractivity contribution in [2.75, 3.05) is 13.7 Å². The Morgan fingerprint density at radius 1 is 1.25 bits per heavy atom. The van der Waals surface area contributed by atoms with E-state index in [4.69, 9.17) is 4.74 Å². The minimum atomic E-state index is -0.449. The van der Waals surface area contributed by atoms with E-state index in [0.29, 0.717) is 6.42 Å². The smallest absolute Gasteiger partial charge is 0.410 e. The number of amides is 1. The van der Waals surface area contributed by atoms with Crippen LogP contribution in [0, 0.1) is 0 Å². The summed E-state index contributed by atoms with van der Waals surface area (Å²) in [7, 11) is 1.41. The highest BCUT2D eigenvalue weighted by atomic mass is 16.6. The summed E-state index contributed by atoms with van der Waals surface area (Å²) in [6.07, 6.45) is 4.96. The van der Waals surface area contributed by atoms with Gasteiger partial charge in [0.15, 0.2) is 0 Å². The maximum absolute atomic E-state index is 12.1. The maximum atomic E-state index is 12.1. The molecule has 0 aromatic heterocycles. The first-order chi connectivity index (χ1) is 9.33. The van der Waals surface area contributed by atoms with Crippen LogP contribution >= 0.6 is 0 Å². The molecule has 1 fully saturated rings. The van der Waals surface area contributed by atoms with Gasteiger partial charge in [-0.3, -0.25) is 4.79 Å². The average molecular weight is 285 g/mol. The van der Waals surface area contributed by atoms with E-state index >= 15 is 0 Å². The van der Waals surface area contributed by atoms with Crippen LogP contribution < -0.4 is 0 Å². The number of hydrogen-bond acceptors (Lipinski definition) is 4. The van der Waals surface area contributed by atoms with E-state index in [-0.39, 0.29) is 18.1 Å². The molecule has 0 radical (unpaired) electrons. The van der Waals surface area contributed by atoms with Gasteiger partial charge >= 0.3 is 12.1 Å². The molecule has 20 heavy (non-hydrogen) atoms. The molecule has 0 spiro atoms. The molecule has 116 valence electrons. The first-order valence-electron chi connectivity index (χ1n) is 7.40. The summed E-state index contributed by atoms with van der Waals surface area (Å²) < 4.78 is 10.0. The number of ether oxygens (including phenoxy) is 2. The minimum absolute atomic E-state index is 0.166. The van der Waals surface area contributed by atoms with Crippen molar-refractivity contribution < 1.29 is 19.1 Å². The van der Waals surface area contributed by atoms with E-state index in [0.717, 1.165) is 38.6 Å². The SMILES string of the molecule is COC(=O)CCCCC1CCCN1C(=O)OC(C)(C)C. The van der Waals surface area contributed by atoms with Gasteiger partial charge in [0.2, 0.25) is 0 Å². The summed E-state index contributed by atoms with van der Waals surface area (Å²) in [6, 6.07) is 0.252. The zero-order chi connectivity index (χ0) is 15.2. The van der Waals surface area contributed by atoms with Gasteiger partial charge < -0.3 is 14.4 Å². The summed E-state index contributed by atoms with van der Waals surface area (Å²) >= 11 is 0. The summed E-state index contributed by atoms with van der Waals surface area (Å²) in [4.78, 5) is 25.0. The van der Waals surface area contributed by atoms with E-state index < -0.39 is 5.60 Å². The molecule has 1 amide bonds. The lowest BCUT2D eigenvalue weighted by Crippen LogP contribution is -2.39. The third-order valence-electron chi connectivity index (χ3n) is 3.40. The van der Waals surface area contributed by atoms with Crippen molar-refractivity contribution in [1.29, 1.82) is 0 Å². The van der Waals surface area contributed by atoms with E-state index in [2.05, 4.69) is 4.74 Å². The molecular formula is C15H27NO4. The Bertz CT molecular complexity index is 335. The number of hydrogen-bond donors (Lipinski definition) is 0. The molecule has 5 nitrogen and oxygen atoms in total. The number of rotatable bonds is 5. The van der Waals surface area contributed by atoms with Crippen molar-refractivity contribution in [3.05, 3.63) is 0 Å². The van der Waals surface area contributed by atoms with Gasteiger partial charge in [-0.15, -0.1) is 0 Å². The van der Waals surface area contributed by atoms with Crippen LogP contribution in [-0.4, -0.2) is 42.3 Å². The lowest BCUT2D eigenvalue weighted by Gasteiger charge is -2.28. The van der Waals surface area contributed by atoms with Crippen LogP contribution in [0.3, 0.4) is 0 Å². The first-order valence-corrected chi connectivity index (χ1v) is 7.40. The van der Waals surface area contributed by atoms with Crippen molar-refractivity contribution in [3.63, 3.8) is 0 Å². The highest BCUT2D eigenvalue weighted by Crippen LogP contribution is 2.24. The number of esters is 1. The molecule has 0 N–H and O–H groups in total. The minimum Gasteiger partial charge on any atom is -0.469 e. The molecular weight excluding hydrogens is 258 g/mol. The zero-order valence-electron chi connectivity index (χ0n) is 13.1. The van der Waals surface area contributed by atoms with E-state index in [9.17, 15) is 9.59 Å². The van der Waals surface area contributed by atoms with Gasteiger partial charge in [0.25, 0.3) is 0 Å². The number of carbonyl (C=O) groups is 2. The number of unbranched alkanes of at least 4 members (excludes halogenated alkanes) is 1. The quantitative estimate of drug-likeness (QED) is 0.575.